The van der Waals surface area contributed by atoms with Crippen LogP contribution in [0, 0.1) is 0 Å². The molecule has 0 bridgehead atoms. The molecule has 1 atom stereocenters. The number of rotatable bonds is 2. The number of nitrogens with zero attached hydrogens (tertiary/aromatic N) is 2. The summed E-state index contributed by atoms with van der Waals surface area (Å²) in [7, 11) is 0. The van der Waals surface area contributed by atoms with Gasteiger partial charge in [-0.25, -0.2) is 0 Å². The summed E-state index contributed by atoms with van der Waals surface area (Å²) in [6.07, 6.45) is 0. The van der Waals surface area contributed by atoms with Crippen molar-refractivity contribution in [2.24, 2.45) is 0 Å². The minimum atomic E-state index is 0.440. The van der Waals surface area contributed by atoms with E-state index < -0.39 is 0 Å². The molecule has 1 rings (SSSR count). The maximum Gasteiger partial charge on any atom is 0.0669 e. The molecule has 0 saturated carbocycles. The van der Waals surface area contributed by atoms with Crippen LogP contribution >= 0.6 is 12.6 Å². The van der Waals surface area contributed by atoms with Crippen LogP contribution in [-0.2, 0) is 0 Å². The lowest BCUT2D eigenvalue weighted by Crippen LogP contribution is -2.33. The first-order chi connectivity index (χ1) is 5.15. The van der Waals surface area contributed by atoms with Crippen molar-refractivity contribution in [1.29, 1.82) is 0 Å². The number of thiol groups is 1. The minimum absolute atomic E-state index is 0.440. The van der Waals surface area contributed by atoms with Gasteiger partial charge in [-0.05, 0) is 20.4 Å². The van der Waals surface area contributed by atoms with E-state index in [-0.39, 0.29) is 0 Å². The minimum Gasteiger partial charge on any atom is -0.288 e. The molecule has 0 N–H and O–H groups in total. The predicted molar refractivity (Wildman–Crippen MR) is 51.9 cm³/mol. The van der Waals surface area contributed by atoms with Crippen LogP contribution in [-0.4, -0.2) is 41.0 Å². The average molecular weight is 174 g/mol. The third-order valence-electron chi connectivity index (χ3n) is 2.28. The topological polar surface area (TPSA) is 6.48 Å². The molecule has 11 heavy (non-hydrogen) atoms. The van der Waals surface area contributed by atoms with Crippen molar-refractivity contribution < 1.29 is 0 Å². The van der Waals surface area contributed by atoms with Crippen LogP contribution in [0.1, 0.15) is 20.8 Å². The molecule has 0 spiro atoms. The van der Waals surface area contributed by atoms with Gasteiger partial charge in [-0.15, -0.1) is 0 Å². The van der Waals surface area contributed by atoms with Crippen molar-refractivity contribution in [3.8, 4) is 0 Å². The van der Waals surface area contributed by atoms with Gasteiger partial charge in [-0.3, -0.25) is 9.80 Å². The van der Waals surface area contributed by atoms with Crippen molar-refractivity contribution in [1.82, 2.24) is 9.80 Å². The van der Waals surface area contributed by atoms with Crippen molar-refractivity contribution in [2.75, 3.05) is 19.8 Å². The average Bonchev–Trinajstić information content (AvgIpc) is 2.30. The third kappa shape index (κ3) is 2.10. The summed E-state index contributed by atoms with van der Waals surface area (Å²) in [4.78, 5) is 4.82. The van der Waals surface area contributed by atoms with Gasteiger partial charge in [-0.2, -0.15) is 12.6 Å². The van der Waals surface area contributed by atoms with Crippen LogP contribution < -0.4 is 0 Å². The first-order valence-corrected chi connectivity index (χ1v) is 4.83. The van der Waals surface area contributed by atoms with Gasteiger partial charge in [0.15, 0.2) is 0 Å². The van der Waals surface area contributed by atoms with Crippen LogP contribution in [0.5, 0.6) is 0 Å². The van der Waals surface area contributed by atoms with Gasteiger partial charge in [0.2, 0.25) is 0 Å². The van der Waals surface area contributed by atoms with Crippen LogP contribution in [0.4, 0.5) is 0 Å². The van der Waals surface area contributed by atoms with Crippen LogP contribution in [0.15, 0.2) is 0 Å². The highest BCUT2D eigenvalue weighted by molar-refractivity contribution is 7.80. The second-order valence-electron chi connectivity index (χ2n) is 3.40. The molecule has 0 aromatic heterocycles. The Labute approximate surface area is 75.0 Å². The third-order valence-corrected chi connectivity index (χ3v) is 2.74. The van der Waals surface area contributed by atoms with Crippen molar-refractivity contribution in [3.63, 3.8) is 0 Å². The number of hydrogen-bond donors (Lipinski definition) is 1. The first-order valence-electron chi connectivity index (χ1n) is 4.31. The van der Waals surface area contributed by atoms with E-state index in [1.807, 2.05) is 0 Å². The van der Waals surface area contributed by atoms with Crippen LogP contribution in [0.2, 0.25) is 0 Å². The van der Waals surface area contributed by atoms with Gasteiger partial charge >= 0.3 is 0 Å². The second kappa shape index (κ2) is 3.78. The van der Waals surface area contributed by atoms with E-state index >= 15 is 0 Å². The molecular formula is C8H18N2S. The molecule has 0 aromatic rings. The van der Waals surface area contributed by atoms with E-state index in [4.69, 9.17) is 0 Å². The molecule has 1 heterocycles. The molecule has 0 aliphatic carbocycles. The Morgan fingerprint density at radius 1 is 1.55 bits per heavy atom. The number of hydrogen-bond acceptors (Lipinski definition) is 3. The smallest absolute Gasteiger partial charge is 0.0669 e. The molecule has 2 nitrogen and oxygen atoms in total. The molecule has 1 aliphatic rings. The standard InChI is InChI=1S/C8H18N2S/c1-4-9-5-8(11)10(6-9)7(2)3/h7-8,11H,4-6H2,1-3H3. The molecule has 66 valence electrons. The van der Waals surface area contributed by atoms with Gasteiger partial charge in [0.1, 0.15) is 0 Å². The largest absolute Gasteiger partial charge is 0.288 e. The molecule has 0 amide bonds. The molecule has 1 aliphatic heterocycles. The van der Waals surface area contributed by atoms with E-state index in [2.05, 4.69) is 43.2 Å². The maximum absolute atomic E-state index is 4.52. The number of likely N-dealkylation sites (N-methyl/N-ethyl adjacent to an activating group) is 1. The normalized spacial score (nSPS) is 28.6. The molecular weight excluding hydrogens is 156 g/mol. The zero-order chi connectivity index (χ0) is 8.43. The Kier molecular flexibility index (Phi) is 3.22. The van der Waals surface area contributed by atoms with Gasteiger partial charge in [0.05, 0.1) is 12.0 Å². The fourth-order valence-electron chi connectivity index (χ4n) is 1.46. The molecule has 1 unspecified atom stereocenters. The summed E-state index contributed by atoms with van der Waals surface area (Å²) in [6.45, 7) is 9.98. The van der Waals surface area contributed by atoms with E-state index in [0.717, 1.165) is 19.8 Å². The van der Waals surface area contributed by atoms with E-state index in [1.54, 1.807) is 0 Å². The lowest BCUT2D eigenvalue weighted by atomic mass is 10.3. The summed E-state index contributed by atoms with van der Waals surface area (Å²) in [5.41, 5.74) is 0. The Balaban J connectivity index is 2.45. The Hall–Kier alpha value is 0.270. The van der Waals surface area contributed by atoms with Crippen molar-refractivity contribution >= 4 is 12.6 Å². The van der Waals surface area contributed by atoms with E-state index in [9.17, 15) is 0 Å². The van der Waals surface area contributed by atoms with Gasteiger partial charge < -0.3 is 0 Å². The Morgan fingerprint density at radius 2 is 2.18 bits per heavy atom. The Morgan fingerprint density at radius 3 is 2.45 bits per heavy atom. The summed E-state index contributed by atoms with van der Waals surface area (Å²) >= 11 is 4.52. The summed E-state index contributed by atoms with van der Waals surface area (Å²) in [5.74, 6) is 0. The highest BCUT2D eigenvalue weighted by Crippen LogP contribution is 2.18. The quantitative estimate of drug-likeness (QED) is 0.629. The van der Waals surface area contributed by atoms with E-state index in [1.165, 1.54) is 0 Å². The molecule has 1 saturated heterocycles. The molecule has 0 radical (unpaired) electrons. The lowest BCUT2D eigenvalue weighted by molar-refractivity contribution is 0.209. The highest BCUT2D eigenvalue weighted by Gasteiger charge is 2.27. The van der Waals surface area contributed by atoms with Crippen LogP contribution in [0.25, 0.3) is 0 Å². The molecule has 0 aromatic carbocycles. The predicted octanol–water partition coefficient (Wildman–Crippen LogP) is 1.25. The SMILES string of the molecule is CCN1CC(S)N(C(C)C)C1. The monoisotopic (exact) mass is 174 g/mol. The van der Waals surface area contributed by atoms with Crippen LogP contribution in [0.3, 0.4) is 0 Å². The zero-order valence-electron chi connectivity index (χ0n) is 7.62. The molecule has 3 heteroatoms. The zero-order valence-corrected chi connectivity index (χ0v) is 8.51. The van der Waals surface area contributed by atoms with Gasteiger partial charge in [0, 0.05) is 12.6 Å². The maximum atomic E-state index is 4.52. The highest BCUT2D eigenvalue weighted by atomic mass is 32.1. The molecule has 1 fully saturated rings. The fourth-order valence-corrected chi connectivity index (χ4v) is 2.03. The lowest BCUT2D eigenvalue weighted by Gasteiger charge is -2.23. The first kappa shape index (κ1) is 9.36. The fraction of sp³-hybridized carbons (Fsp3) is 1.00. The summed E-state index contributed by atoms with van der Waals surface area (Å²) in [5, 5.41) is 0.440. The van der Waals surface area contributed by atoms with Crippen molar-refractivity contribution in [3.05, 3.63) is 0 Å². The van der Waals surface area contributed by atoms with Gasteiger partial charge in [-0.1, -0.05) is 6.92 Å². The summed E-state index contributed by atoms with van der Waals surface area (Å²) in [6, 6.07) is 0.619. The Bertz CT molecular complexity index is 127. The second-order valence-corrected chi connectivity index (χ2v) is 4.00. The summed E-state index contributed by atoms with van der Waals surface area (Å²) < 4.78 is 0. The van der Waals surface area contributed by atoms with E-state index in [0.29, 0.717) is 11.4 Å². The van der Waals surface area contributed by atoms with Gasteiger partial charge in [0.25, 0.3) is 0 Å². The van der Waals surface area contributed by atoms with Crippen molar-refractivity contribution in [2.45, 2.75) is 32.2 Å².